The van der Waals surface area contributed by atoms with Gasteiger partial charge in [-0.25, -0.2) is 8.42 Å². The molecule has 1 aromatic rings. The van der Waals surface area contributed by atoms with Crippen LogP contribution in [0.15, 0.2) is 23.1 Å². The predicted octanol–water partition coefficient (Wildman–Crippen LogP) is 2.83. The molecule has 8 heteroatoms. The van der Waals surface area contributed by atoms with Crippen LogP contribution in [0.3, 0.4) is 0 Å². The van der Waals surface area contributed by atoms with Crippen molar-refractivity contribution in [2.45, 2.75) is 51.7 Å². The molecular weight excluding hydrogens is 370 g/mol. The third-order valence-corrected chi connectivity index (χ3v) is 6.91. The van der Waals surface area contributed by atoms with E-state index in [1.807, 2.05) is 40.7 Å². The number of morpholine rings is 1. The van der Waals surface area contributed by atoms with E-state index in [2.05, 4.69) is 10.2 Å². The van der Waals surface area contributed by atoms with Crippen LogP contribution in [-0.2, 0) is 14.8 Å². The number of thiocarbonyl (C=S) groups is 1. The third-order valence-electron chi connectivity index (χ3n) is 4.50. The van der Waals surface area contributed by atoms with Crippen molar-refractivity contribution in [1.29, 1.82) is 0 Å². The zero-order valence-electron chi connectivity index (χ0n) is 16.2. The van der Waals surface area contributed by atoms with E-state index in [1.54, 1.807) is 12.1 Å². The van der Waals surface area contributed by atoms with Crippen molar-refractivity contribution in [3.05, 3.63) is 23.8 Å². The molecule has 0 bridgehead atoms. The Hall–Kier alpha value is -1.22. The molecule has 1 fully saturated rings. The quantitative estimate of drug-likeness (QED) is 0.769. The highest BCUT2D eigenvalue weighted by Gasteiger charge is 2.25. The Morgan fingerprint density at radius 2 is 1.85 bits per heavy atom. The summed E-state index contributed by atoms with van der Waals surface area (Å²) >= 11 is 5.55. The van der Waals surface area contributed by atoms with E-state index in [9.17, 15) is 8.42 Å². The van der Waals surface area contributed by atoms with Crippen molar-refractivity contribution in [3.63, 3.8) is 0 Å². The summed E-state index contributed by atoms with van der Waals surface area (Å²) in [6, 6.07) is 5.13. The van der Waals surface area contributed by atoms with E-state index in [0.717, 1.165) is 11.3 Å². The molecule has 1 N–H and O–H groups in total. The molecule has 146 valence electrons. The van der Waals surface area contributed by atoms with Crippen LogP contribution in [0.25, 0.3) is 0 Å². The van der Waals surface area contributed by atoms with Gasteiger partial charge in [-0.2, -0.15) is 4.31 Å². The molecule has 0 saturated carbocycles. The second kappa shape index (κ2) is 8.65. The molecule has 1 heterocycles. The first kappa shape index (κ1) is 21.1. The van der Waals surface area contributed by atoms with Gasteiger partial charge in [-0.3, -0.25) is 0 Å². The summed E-state index contributed by atoms with van der Waals surface area (Å²) in [6.07, 6.45) is 0.211. The molecule has 0 amide bonds. The monoisotopic (exact) mass is 399 g/mol. The first-order chi connectivity index (χ1) is 12.2. The van der Waals surface area contributed by atoms with E-state index in [0.29, 0.717) is 31.3 Å². The lowest BCUT2D eigenvalue weighted by atomic mass is 10.2. The molecule has 1 aliphatic rings. The van der Waals surface area contributed by atoms with Gasteiger partial charge in [0.2, 0.25) is 10.0 Å². The highest BCUT2D eigenvalue weighted by Crippen LogP contribution is 2.24. The number of benzene rings is 1. The van der Waals surface area contributed by atoms with E-state index >= 15 is 0 Å². The van der Waals surface area contributed by atoms with Crippen molar-refractivity contribution in [3.8, 4) is 0 Å². The van der Waals surface area contributed by atoms with Crippen LogP contribution in [0.1, 0.15) is 33.3 Å². The minimum absolute atomic E-state index is 0.106. The topological polar surface area (TPSA) is 61.9 Å². The van der Waals surface area contributed by atoms with Gasteiger partial charge in [-0.1, -0.05) is 19.9 Å². The summed E-state index contributed by atoms with van der Waals surface area (Å²) in [5.74, 6) is 0. The molecule has 1 saturated heterocycles. The molecule has 2 rings (SSSR count). The molecule has 26 heavy (non-hydrogen) atoms. The lowest BCUT2D eigenvalue weighted by molar-refractivity contribution is -0.0473. The normalized spacial score (nSPS) is 21.1. The van der Waals surface area contributed by atoms with Gasteiger partial charge in [0.25, 0.3) is 0 Å². The maximum Gasteiger partial charge on any atom is 0.243 e. The van der Waals surface area contributed by atoms with Gasteiger partial charge in [-0.05, 0) is 50.7 Å². The lowest BCUT2D eigenvalue weighted by Crippen LogP contribution is -2.49. The number of ether oxygens (including phenoxy) is 1. The van der Waals surface area contributed by atoms with E-state index in [4.69, 9.17) is 17.0 Å². The van der Waals surface area contributed by atoms with Crippen molar-refractivity contribution >= 4 is 33.0 Å². The fraction of sp³-hybridized carbons (Fsp3) is 0.611. The van der Waals surface area contributed by atoms with Crippen LogP contribution in [0, 0.1) is 6.92 Å². The van der Waals surface area contributed by atoms with Gasteiger partial charge in [0.05, 0.1) is 17.1 Å². The molecule has 1 aromatic carbocycles. The number of aryl methyl sites for hydroxylation is 1. The third kappa shape index (κ3) is 4.73. The van der Waals surface area contributed by atoms with Gasteiger partial charge in [0.1, 0.15) is 0 Å². The molecule has 0 aliphatic carbocycles. The molecule has 0 aromatic heterocycles. The van der Waals surface area contributed by atoms with Crippen LogP contribution in [-0.4, -0.2) is 61.1 Å². The number of nitrogens with one attached hydrogen (secondary N) is 1. The second-order valence-electron chi connectivity index (χ2n) is 6.66. The predicted molar refractivity (Wildman–Crippen MR) is 109 cm³/mol. The number of anilines is 1. The highest BCUT2D eigenvalue weighted by atomic mass is 32.2. The van der Waals surface area contributed by atoms with Crippen LogP contribution in [0.2, 0.25) is 0 Å². The standard InChI is InChI=1S/C18H29N3O3S2/c1-6-21(7-2)26(22,23)16-9-8-13(3)17(10-16)19-18(25)20-11-14(4)24-15(5)12-20/h8-10,14-15H,6-7,11-12H2,1-5H3,(H,19,25). The van der Waals surface area contributed by atoms with Crippen LogP contribution >= 0.6 is 12.2 Å². The summed E-state index contributed by atoms with van der Waals surface area (Å²) in [5, 5.41) is 3.82. The average Bonchev–Trinajstić information content (AvgIpc) is 2.56. The number of nitrogens with zero attached hydrogens (tertiary/aromatic N) is 2. The summed E-state index contributed by atoms with van der Waals surface area (Å²) in [7, 11) is -3.50. The van der Waals surface area contributed by atoms with Gasteiger partial charge >= 0.3 is 0 Å². The SMILES string of the molecule is CCN(CC)S(=O)(=O)c1ccc(C)c(NC(=S)N2CC(C)OC(C)C2)c1. The van der Waals surface area contributed by atoms with Crippen LogP contribution < -0.4 is 5.32 Å². The van der Waals surface area contributed by atoms with Crippen molar-refractivity contribution < 1.29 is 13.2 Å². The number of hydrogen-bond donors (Lipinski definition) is 1. The Kier molecular flexibility index (Phi) is 7.01. The van der Waals surface area contributed by atoms with Gasteiger partial charge in [0.15, 0.2) is 5.11 Å². The van der Waals surface area contributed by atoms with Crippen LogP contribution in [0.5, 0.6) is 0 Å². The minimum Gasteiger partial charge on any atom is -0.372 e. The largest absolute Gasteiger partial charge is 0.372 e. The maximum absolute atomic E-state index is 12.8. The molecule has 0 radical (unpaired) electrons. The van der Waals surface area contributed by atoms with Gasteiger partial charge < -0.3 is 15.0 Å². The number of rotatable bonds is 5. The van der Waals surface area contributed by atoms with Gasteiger partial charge in [-0.15, -0.1) is 0 Å². The van der Waals surface area contributed by atoms with Gasteiger partial charge in [0, 0.05) is 31.9 Å². The first-order valence-corrected chi connectivity index (χ1v) is 10.9. The summed E-state index contributed by atoms with van der Waals surface area (Å²) in [6.45, 7) is 12.0. The summed E-state index contributed by atoms with van der Waals surface area (Å²) in [5.41, 5.74) is 1.66. The summed E-state index contributed by atoms with van der Waals surface area (Å²) < 4.78 is 32.7. The number of hydrogen-bond acceptors (Lipinski definition) is 4. The maximum atomic E-state index is 12.8. The Morgan fingerprint density at radius 1 is 1.27 bits per heavy atom. The fourth-order valence-corrected chi connectivity index (χ4v) is 4.89. The minimum atomic E-state index is -3.50. The Morgan fingerprint density at radius 3 is 2.38 bits per heavy atom. The fourth-order valence-electron chi connectivity index (χ4n) is 3.15. The Bertz CT molecular complexity index is 738. The first-order valence-electron chi connectivity index (χ1n) is 9.01. The molecule has 2 unspecified atom stereocenters. The Balaban J connectivity index is 2.23. The van der Waals surface area contributed by atoms with E-state index in [-0.39, 0.29) is 17.1 Å². The second-order valence-corrected chi connectivity index (χ2v) is 8.98. The zero-order chi connectivity index (χ0) is 19.5. The highest BCUT2D eigenvalue weighted by molar-refractivity contribution is 7.89. The summed E-state index contributed by atoms with van der Waals surface area (Å²) in [4.78, 5) is 2.35. The molecule has 1 aliphatic heterocycles. The van der Waals surface area contributed by atoms with E-state index < -0.39 is 10.0 Å². The van der Waals surface area contributed by atoms with E-state index in [1.165, 1.54) is 4.31 Å². The average molecular weight is 400 g/mol. The van der Waals surface area contributed by atoms with Crippen molar-refractivity contribution in [2.75, 3.05) is 31.5 Å². The zero-order valence-corrected chi connectivity index (χ0v) is 17.8. The van der Waals surface area contributed by atoms with Crippen molar-refractivity contribution in [2.24, 2.45) is 0 Å². The molecule has 0 spiro atoms. The smallest absolute Gasteiger partial charge is 0.243 e. The Labute approximate surface area is 162 Å². The number of sulfonamides is 1. The molecular formula is C18H29N3O3S2. The van der Waals surface area contributed by atoms with Crippen molar-refractivity contribution in [1.82, 2.24) is 9.21 Å². The molecule has 6 nitrogen and oxygen atoms in total. The lowest BCUT2D eigenvalue weighted by Gasteiger charge is -2.37. The van der Waals surface area contributed by atoms with Crippen LogP contribution in [0.4, 0.5) is 5.69 Å². The molecule has 2 atom stereocenters.